The zero-order valence-electron chi connectivity index (χ0n) is 11.8. The number of amides is 2. The molecule has 0 fully saturated rings. The van der Waals surface area contributed by atoms with Gasteiger partial charge in [0.05, 0.1) is 7.11 Å². The zero-order chi connectivity index (χ0) is 15.0. The Labute approximate surface area is 112 Å². The molecule has 7 heteroatoms. The molecule has 0 spiro atoms. The molecular formula is C12H22N2O5. The van der Waals surface area contributed by atoms with Gasteiger partial charge in [-0.05, 0) is 12.3 Å². The molecule has 0 rings (SSSR count). The van der Waals surface area contributed by atoms with Gasteiger partial charge in [0.25, 0.3) is 0 Å². The van der Waals surface area contributed by atoms with Crippen molar-refractivity contribution in [3.8, 4) is 0 Å². The third kappa shape index (κ3) is 6.64. The highest BCUT2D eigenvalue weighted by atomic mass is 16.5. The standard InChI is InChI=1S/C12H22N2O5/c1-8(2)10(11(16)17)13-12(18)14(3)7-5-6-9(15)19-4/h8,10H,5-7H2,1-4H3,(H,13,18)(H,16,17)/t10-/m1/s1. The van der Waals surface area contributed by atoms with E-state index < -0.39 is 18.0 Å². The van der Waals surface area contributed by atoms with Crippen LogP contribution in [-0.2, 0) is 14.3 Å². The highest BCUT2D eigenvalue weighted by molar-refractivity contribution is 5.82. The molecule has 0 bridgehead atoms. The van der Waals surface area contributed by atoms with E-state index in [2.05, 4.69) is 10.1 Å². The van der Waals surface area contributed by atoms with Gasteiger partial charge in [-0.2, -0.15) is 0 Å². The first-order valence-electron chi connectivity index (χ1n) is 6.10. The van der Waals surface area contributed by atoms with Crippen molar-refractivity contribution in [2.24, 2.45) is 5.92 Å². The van der Waals surface area contributed by atoms with Crippen LogP contribution in [0.3, 0.4) is 0 Å². The van der Waals surface area contributed by atoms with Crippen LogP contribution in [-0.4, -0.2) is 54.7 Å². The lowest BCUT2D eigenvalue weighted by Gasteiger charge is -2.23. The second-order valence-electron chi connectivity index (χ2n) is 4.61. The monoisotopic (exact) mass is 274 g/mol. The smallest absolute Gasteiger partial charge is 0.326 e. The number of carboxylic acids is 1. The van der Waals surface area contributed by atoms with Crippen LogP contribution in [0, 0.1) is 5.92 Å². The fourth-order valence-electron chi connectivity index (χ4n) is 1.42. The lowest BCUT2D eigenvalue weighted by atomic mass is 10.1. The molecule has 7 nitrogen and oxygen atoms in total. The van der Waals surface area contributed by atoms with Gasteiger partial charge in [-0.15, -0.1) is 0 Å². The highest BCUT2D eigenvalue weighted by Gasteiger charge is 2.24. The van der Waals surface area contributed by atoms with E-state index >= 15 is 0 Å². The van der Waals surface area contributed by atoms with E-state index in [4.69, 9.17) is 5.11 Å². The molecule has 1 atom stereocenters. The van der Waals surface area contributed by atoms with Crippen LogP contribution in [0.5, 0.6) is 0 Å². The maximum Gasteiger partial charge on any atom is 0.326 e. The normalized spacial score (nSPS) is 11.8. The summed E-state index contributed by atoms with van der Waals surface area (Å²) >= 11 is 0. The van der Waals surface area contributed by atoms with E-state index in [1.165, 1.54) is 12.0 Å². The molecule has 0 unspecified atom stereocenters. The topological polar surface area (TPSA) is 95.9 Å². The highest BCUT2D eigenvalue weighted by Crippen LogP contribution is 2.03. The maximum atomic E-state index is 11.7. The van der Waals surface area contributed by atoms with Crippen molar-refractivity contribution in [1.82, 2.24) is 10.2 Å². The summed E-state index contributed by atoms with van der Waals surface area (Å²) in [4.78, 5) is 34.9. The van der Waals surface area contributed by atoms with Gasteiger partial charge < -0.3 is 20.1 Å². The predicted molar refractivity (Wildman–Crippen MR) is 68.7 cm³/mol. The number of rotatable bonds is 7. The van der Waals surface area contributed by atoms with Crippen LogP contribution >= 0.6 is 0 Å². The Morgan fingerprint density at radius 3 is 2.32 bits per heavy atom. The fourth-order valence-corrected chi connectivity index (χ4v) is 1.42. The molecule has 0 heterocycles. The number of hydrogen-bond acceptors (Lipinski definition) is 4. The van der Waals surface area contributed by atoms with Gasteiger partial charge in [0, 0.05) is 20.0 Å². The SMILES string of the molecule is COC(=O)CCCN(C)C(=O)N[C@@H](C(=O)O)C(C)C. The van der Waals surface area contributed by atoms with Crippen molar-refractivity contribution >= 4 is 18.0 Å². The van der Waals surface area contributed by atoms with Crippen molar-refractivity contribution in [1.29, 1.82) is 0 Å². The molecule has 0 aliphatic carbocycles. The fraction of sp³-hybridized carbons (Fsp3) is 0.750. The van der Waals surface area contributed by atoms with E-state index in [0.29, 0.717) is 13.0 Å². The molecule has 0 aliphatic rings. The molecule has 0 aromatic rings. The Morgan fingerprint density at radius 2 is 1.89 bits per heavy atom. The van der Waals surface area contributed by atoms with Crippen LogP contribution in [0.4, 0.5) is 4.79 Å². The summed E-state index contributed by atoms with van der Waals surface area (Å²) in [6.07, 6.45) is 0.691. The average Bonchev–Trinajstić information content (AvgIpc) is 2.34. The molecule has 0 aromatic heterocycles. The first-order chi connectivity index (χ1) is 8.79. The number of esters is 1. The van der Waals surface area contributed by atoms with Gasteiger partial charge in [0.1, 0.15) is 6.04 Å². The van der Waals surface area contributed by atoms with E-state index in [0.717, 1.165) is 0 Å². The summed E-state index contributed by atoms with van der Waals surface area (Å²) < 4.78 is 4.48. The summed E-state index contributed by atoms with van der Waals surface area (Å²) in [5.41, 5.74) is 0. The minimum Gasteiger partial charge on any atom is -0.480 e. The van der Waals surface area contributed by atoms with Crippen LogP contribution < -0.4 is 5.32 Å². The third-order valence-corrected chi connectivity index (χ3v) is 2.66. The van der Waals surface area contributed by atoms with Gasteiger partial charge in [-0.3, -0.25) is 4.79 Å². The van der Waals surface area contributed by atoms with Crippen molar-refractivity contribution in [2.75, 3.05) is 20.7 Å². The number of carbonyl (C=O) groups excluding carboxylic acids is 2. The molecule has 0 aromatic carbocycles. The van der Waals surface area contributed by atoms with E-state index in [-0.39, 0.29) is 18.3 Å². The zero-order valence-corrected chi connectivity index (χ0v) is 11.8. The Hall–Kier alpha value is -1.79. The molecule has 110 valence electrons. The lowest BCUT2D eigenvalue weighted by molar-refractivity contribution is -0.141. The summed E-state index contributed by atoms with van der Waals surface area (Å²) in [6, 6.07) is -1.39. The molecule has 0 aliphatic heterocycles. The Kier molecular flexibility index (Phi) is 7.55. The molecule has 0 saturated carbocycles. The number of methoxy groups -OCH3 is 1. The number of ether oxygens (including phenoxy) is 1. The summed E-state index contributed by atoms with van der Waals surface area (Å²) in [5, 5.41) is 11.4. The van der Waals surface area contributed by atoms with Gasteiger partial charge in [-0.1, -0.05) is 13.8 Å². The van der Waals surface area contributed by atoms with Crippen molar-refractivity contribution < 1.29 is 24.2 Å². The lowest BCUT2D eigenvalue weighted by Crippen LogP contribution is -2.49. The number of nitrogens with zero attached hydrogens (tertiary/aromatic N) is 1. The quantitative estimate of drug-likeness (QED) is 0.666. The summed E-state index contributed by atoms with van der Waals surface area (Å²) in [6.45, 7) is 3.79. The van der Waals surface area contributed by atoms with Crippen LogP contribution in [0.1, 0.15) is 26.7 Å². The number of nitrogens with one attached hydrogen (secondary N) is 1. The largest absolute Gasteiger partial charge is 0.480 e. The molecule has 0 saturated heterocycles. The summed E-state index contributed by atoms with van der Waals surface area (Å²) in [5.74, 6) is -1.60. The van der Waals surface area contributed by atoms with Crippen molar-refractivity contribution in [2.45, 2.75) is 32.7 Å². The first-order valence-corrected chi connectivity index (χ1v) is 6.10. The van der Waals surface area contributed by atoms with E-state index in [1.807, 2.05) is 0 Å². The third-order valence-electron chi connectivity index (χ3n) is 2.66. The van der Waals surface area contributed by atoms with Gasteiger partial charge in [-0.25, -0.2) is 9.59 Å². The number of aliphatic carboxylic acids is 1. The average molecular weight is 274 g/mol. The van der Waals surface area contributed by atoms with Crippen molar-refractivity contribution in [3.63, 3.8) is 0 Å². The molecule has 19 heavy (non-hydrogen) atoms. The van der Waals surface area contributed by atoms with Crippen LogP contribution in [0.2, 0.25) is 0 Å². The number of carbonyl (C=O) groups is 3. The number of carboxylic acid groups (broad SMARTS) is 1. The Morgan fingerprint density at radius 1 is 1.32 bits per heavy atom. The number of hydrogen-bond donors (Lipinski definition) is 2. The second-order valence-corrected chi connectivity index (χ2v) is 4.61. The van der Waals surface area contributed by atoms with Crippen molar-refractivity contribution in [3.05, 3.63) is 0 Å². The van der Waals surface area contributed by atoms with Crippen LogP contribution in [0.15, 0.2) is 0 Å². The molecule has 2 N–H and O–H groups in total. The van der Waals surface area contributed by atoms with E-state index in [9.17, 15) is 14.4 Å². The molecular weight excluding hydrogens is 252 g/mol. The van der Waals surface area contributed by atoms with Gasteiger partial charge in [0.2, 0.25) is 0 Å². The predicted octanol–water partition coefficient (Wildman–Crippen LogP) is 0.690. The maximum absolute atomic E-state index is 11.7. The minimum absolute atomic E-state index is 0.204. The molecule has 2 amide bonds. The first kappa shape index (κ1) is 17.2. The van der Waals surface area contributed by atoms with Crippen LogP contribution in [0.25, 0.3) is 0 Å². The summed E-state index contributed by atoms with van der Waals surface area (Å²) in [7, 11) is 2.85. The number of urea groups is 1. The Bertz CT molecular complexity index is 330. The van der Waals surface area contributed by atoms with E-state index in [1.54, 1.807) is 20.9 Å². The Balaban J connectivity index is 4.18. The van der Waals surface area contributed by atoms with Gasteiger partial charge >= 0.3 is 18.0 Å². The second kappa shape index (κ2) is 8.34. The minimum atomic E-state index is -1.06. The van der Waals surface area contributed by atoms with Gasteiger partial charge in [0.15, 0.2) is 0 Å². The molecule has 0 radical (unpaired) electrons.